The van der Waals surface area contributed by atoms with Gasteiger partial charge in [-0.1, -0.05) is 0 Å². The Morgan fingerprint density at radius 3 is 2.35 bits per heavy atom. The third-order valence-corrected chi connectivity index (χ3v) is 4.25. The minimum absolute atomic E-state index is 0.136. The summed E-state index contributed by atoms with van der Waals surface area (Å²) in [5.41, 5.74) is 24.5. The van der Waals surface area contributed by atoms with Crippen LogP contribution in [0.25, 0.3) is 0 Å². The Bertz CT molecular complexity index is 276. The third-order valence-electron chi connectivity index (χ3n) is 4.25. The van der Waals surface area contributed by atoms with Crippen molar-refractivity contribution in [3.8, 4) is 0 Å². The van der Waals surface area contributed by atoms with Crippen molar-refractivity contribution in [3.05, 3.63) is 0 Å². The molecule has 4 atom stereocenters. The lowest BCUT2D eigenvalue weighted by Gasteiger charge is -2.55. The second kappa shape index (κ2) is 8.20. The van der Waals surface area contributed by atoms with Crippen LogP contribution in [0.1, 0.15) is 0 Å². The van der Waals surface area contributed by atoms with Gasteiger partial charge < -0.3 is 38.9 Å². The number of hydrogen-bond acceptors (Lipinski definition) is 8. The van der Waals surface area contributed by atoms with Gasteiger partial charge in [-0.3, -0.25) is 4.90 Å². The Hall–Kier alpha value is -0.320. The van der Waals surface area contributed by atoms with E-state index in [1.807, 2.05) is 14.1 Å². The molecule has 20 heavy (non-hydrogen) atoms. The van der Waals surface area contributed by atoms with Crippen LogP contribution in [0.5, 0.6) is 0 Å². The van der Waals surface area contributed by atoms with E-state index in [0.717, 1.165) is 13.1 Å². The summed E-state index contributed by atoms with van der Waals surface area (Å²) < 4.78 is 0. The van der Waals surface area contributed by atoms with Gasteiger partial charge in [0.25, 0.3) is 0 Å². The van der Waals surface area contributed by atoms with Crippen LogP contribution in [0.2, 0.25) is 0 Å². The van der Waals surface area contributed by atoms with Gasteiger partial charge in [-0.2, -0.15) is 0 Å². The van der Waals surface area contributed by atoms with Crippen LogP contribution in [-0.4, -0.2) is 82.1 Å². The standard InChI is InChI=1S/C12H32N8/c1-17-6-10(15)12(9(14)5-13)8-19-3-4-20(12)11(16)7-18-2/h9-11,17-19H,3-8,13-16H2,1-2H3. The number of piperazine rings is 1. The second-order valence-corrected chi connectivity index (χ2v) is 5.49. The van der Waals surface area contributed by atoms with Crippen LogP contribution in [0, 0.1) is 0 Å². The number of likely N-dealkylation sites (N-methyl/N-ethyl adjacent to an activating group) is 2. The predicted octanol–water partition coefficient (Wildman–Crippen LogP) is -4.03. The minimum atomic E-state index is -0.438. The van der Waals surface area contributed by atoms with Crippen LogP contribution in [0.3, 0.4) is 0 Å². The lowest BCUT2D eigenvalue weighted by Crippen LogP contribution is -2.81. The first-order chi connectivity index (χ1) is 9.54. The largest absolute Gasteiger partial charge is 0.329 e. The van der Waals surface area contributed by atoms with E-state index < -0.39 is 5.54 Å². The molecule has 1 rings (SSSR count). The first-order valence-electron chi connectivity index (χ1n) is 7.28. The van der Waals surface area contributed by atoms with Crippen LogP contribution in [0.15, 0.2) is 0 Å². The van der Waals surface area contributed by atoms with Crippen LogP contribution in [-0.2, 0) is 0 Å². The van der Waals surface area contributed by atoms with E-state index in [-0.39, 0.29) is 18.2 Å². The molecule has 0 aromatic heterocycles. The summed E-state index contributed by atoms with van der Waals surface area (Å²) in [5.74, 6) is 0. The van der Waals surface area contributed by atoms with Gasteiger partial charge in [0, 0.05) is 51.4 Å². The SMILES string of the molecule is CNCC(N)N1CCNCC1(C(N)CN)C(N)CNC. The summed E-state index contributed by atoms with van der Waals surface area (Å²) in [5, 5.41) is 9.64. The number of nitrogens with two attached hydrogens (primary N) is 4. The molecule has 1 heterocycles. The smallest absolute Gasteiger partial charge is 0.0706 e. The van der Waals surface area contributed by atoms with E-state index in [4.69, 9.17) is 22.9 Å². The molecule has 120 valence electrons. The van der Waals surface area contributed by atoms with Gasteiger partial charge >= 0.3 is 0 Å². The molecule has 0 aliphatic carbocycles. The van der Waals surface area contributed by atoms with E-state index in [0.29, 0.717) is 26.2 Å². The predicted molar refractivity (Wildman–Crippen MR) is 83.1 cm³/mol. The Labute approximate surface area is 122 Å². The number of rotatable bonds is 8. The molecule has 0 spiro atoms. The van der Waals surface area contributed by atoms with Crippen molar-refractivity contribution in [1.29, 1.82) is 0 Å². The second-order valence-electron chi connectivity index (χ2n) is 5.49. The van der Waals surface area contributed by atoms with Gasteiger partial charge in [0.2, 0.25) is 0 Å². The molecule has 1 fully saturated rings. The summed E-state index contributed by atoms with van der Waals surface area (Å²) in [4.78, 5) is 2.22. The van der Waals surface area contributed by atoms with Gasteiger partial charge in [-0.25, -0.2) is 0 Å². The molecule has 8 heteroatoms. The zero-order valence-electron chi connectivity index (χ0n) is 12.7. The van der Waals surface area contributed by atoms with Crippen molar-refractivity contribution in [3.63, 3.8) is 0 Å². The average Bonchev–Trinajstić information content (AvgIpc) is 2.46. The molecule has 0 saturated carbocycles. The summed E-state index contributed by atoms with van der Waals surface area (Å²) in [7, 11) is 3.77. The molecule has 1 saturated heterocycles. The van der Waals surface area contributed by atoms with Gasteiger partial charge in [0.1, 0.15) is 0 Å². The molecular weight excluding hydrogens is 256 g/mol. The van der Waals surface area contributed by atoms with E-state index >= 15 is 0 Å². The average molecular weight is 288 g/mol. The fourth-order valence-corrected chi connectivity index (χ4v) is 3.16. The van der Waals surface area contributed by atoms with Crippen molar-refractivity contribution in [2.75, 3.05) is 53.4 Å². The first-order valence-corrected chi connectivity index (χ1v) is 7.28. The normalized spacial score (nSPS) is 29.1. The highest BCUT2D eigenvalue weighted by Crippen LogP contribution is 2.25. The van der Waals surface area contributed by atoms with E-state index in [1.165, 1.54) is 0 Å². The van der Waals surface area contributed by atoms with E-state index in [9.17, 15) is 0 Å². The molecular formula is C12H32N8. The molecule has 0 bridgehead atoms. The Morgan fingerprint density at radius 2 is 1.80 bits per heavy atom. The van der Waals surface area contributed by atoms with Crippen molar-refractivity contribution in [2.45, 2.75) is 23.8 Å². The van der Waals surface area contributed by atoms with Crippen molar-refractivity contribution >= 4 is 0 Å². The lowest BCUT2D eigenvalue weighted by molar-refractivity contribution is -0.0133. The molecule has 11 N–H and O–H groups in total. The quantitative estimate of drug-likeness (QED) is 0.239. The molecule has 4 unspecified atom stereocenters. The highest BCUT2D eigenvalue weighted by molar-refractivity contribution is 5.11. The monoisotopic (exact) mass is 288 g/mol. The summed E-state index contributed by atoms with van der Waals surface area (Å²) in [6, 6.07) is -0.386. The number of nitrogens with zero attached hydrogens (tertiary/aromatic N) is 1. The molecule has 0 amide bonds. The van der Waals surface area contributed by atoms with Gasteiger partial charge in [0.05, 0.1) is 11.7 Å². The number of nitrogens with one attached hydrogen (secondary N) is 3. The maximum Gasteiger partial charge on any atom is 0.0706 e. The summed E-state index contributed by atoms with van der Waals surface area (Å²) in [6.45, 7) is 4.12. The van der Waals surface area contributed by atoms with Crippen LogP contribution < -0.4 is 38.9 Å². The van der Waals surface area contributed by atoms with Crippen molar-refractivity contribution in [1.82, 2.24) is 20.9 Å². The Kier molecular flexibility index (Phi) is 7.27. The van der Waals surface area contributed by atoms with E-state index in [1.54, 1.807) is 0 Å². The fourth-order valence-electron chi connectivity index (χ4n) is 3.16. The molecule has 0 radical (unpaired) electrons. The Morgan fingerprint density at radius 1 is 1.15 bits per heavy atom. The maximum absolute atomic E-state index is 6.44. The molecule has 1 aliphatic rings. The van der Waals surface area contributed by atoms with Crippen molar-refractivity contribution < 1.29 is 0 Å². The van der Waals surface area contributed by atoms with E-state index in [2.05, 4.69) is 20.9 Å². The fraction of sp³-hybridized carbons (Fsp3) is 1.00. The van der Waals surface area contributed by atoms with Crippen LogP contribution in [0.4, 0.5) is 0 Å². The third kappa shape index (κ3) is 3.46. The summed E-state index contributed by atoms with van der Waals surface area (Å²) >= 11 is 0. The van der Waals surface area contributed by atoms with Gasteiger partial charge in [-0.15, -0.1) is 0 Å². The molecule has 0 aromatic rings. The zero-order chi connectivity index (χ0) is 15.2. The van der Waals surface area contributed by atoms with Gasteiger partial charge in [0.15, 0.2) is 0 Å². The molecule has 8 nitrogen and oxygen atoms in total. The summed E-state index contributed by atoms with van der Waals surface area (Å²) in [6.07, 6.45) is -0.136. The first kappa shape index (κ1) is 17.7. The zero-order valence-corrected chi connectivity index (χ0v) is 12.7. The molecule has 0 aromatic carbocycles. The number of hydrogen-bond donors (Lipinski definition) is 7. The maximum atomic E-state index is 6.44. The topological polar surface area (TPSA) is 143 Å². The Balaban J connectivity index is 3.07. The van der Waals surface area contributed by atoms with Crippen LogP contribution >= 0.6 is 0 Å². The highest BCUT2D eigenvalue weighted by Gasteiger charge is 2.49. The molecule has 1 aliphatic heterocycles. The highest BCUT2D eigenvalue weighted by atomic mass is 15.4. The minimum Gasteiger partial charge on any atom is -0.329 e. The van der Waals surface area contributed by atoms with Gasteiger partial charge in [-0.05, 0) is 14.1 Å². The van der Waals surface area contributed by atoms with Crippen molar-refractivity contribution in [2.24, 2.45) is 22.9 Å². The lowest BCUT2D eigenvalue weighted by atomic mass is 9.79.